The molecule has 4 nitrogen and oxygen atoms in total. The van der Waals surface area contributed by atoms with Gasteiger partial charge in [-0.2, -0.15) is 0 Å². The van der Waals surface area contributed by atoms with Gasteiger partial charge in [-0.15, -0.1) is 0 Å². The van der Waals surface area contributed by atoms with Gasteiger partial charge in [-0.25, -0.2) is 0 Å². The Morgan fingerprint density at radius 2 is 1.72 bits per heavy atom. The first-order valence-electron chi connectivity index (χ1n) is 8.39. The molecule has 0 aliphatic rings. The smallest absolute Gasteiger partial charge is 0.265 e. The van der Waals surface area contributed by atoms with Crippen LogP contribution in [0.15, 0.2) is 42.5 Å². The Labute approximate surface area is 154 Å². The minimum absolute atomic E-state index is 0.112. The zero-order valence-electron chi connectivity index (χ0n) is 15.0. The van der Waals surface area contributed by atoms with E-state index in [4.69, 9.17) is 21.1 Å². The number of amides is 1. The van der Waals surface area contributed by atoms with Crippen LogP contribution in [0, 0.1) is 6.92 Å². The Balaban J connectivity index is 2.00. The van der Waals surface area contributed by atoms with E-state index in [2.05, 4.69) is 5.32 Å². The lowest BCUT2D eigenvalue weighted by Gasteiger charge is -2.18. The summed E-state index contributed by atoms with van der Waals surface area (Å²) in [6.45, 7) is 7.75. The first-order valence-corrected chi connectivity index (χ1v) is 8.77. The van der Waals surface area contributed by atoms with Crippen LogP contribution in [0.2, 0.25) is 5.02 Å². The summed E-state index contributed by atoms with van der Waals surface area (Å²) in [5, 5.41) is 3.55. The maximum atomic E-state index is 12.5. The monoisotopic (exact) mass is 361 g/mol. The SMILES string of the molecule is CCC(Oc1ccc(Cl)c(C)c1)C(=O)Nc1ccc(OC(C)C)cc1. The summed E-state index contributed by atoms with van der Waals surface area (Å²) in [6.07, 6.45) is 0.0931. The Bertz CT molecular complexity index is 713. The summed E-state index contributed by atoms with van der Waals surface area (Å²) >= 11 is 6.02. The first-order chi connectivity index (χ1) is 11.9. The first kappa shape index (κ1) is 19.1. The van der Waals surface area contributed by atoms with E-state index in [1.54, 1.807) is 12.1 Å². The van der Waals surface area contributed by atoms with Gasteiger partial charge in [0.05, 0.1) is 6.10 Å². The molecule has 0 saturated carbocycles. The van der Waals surface area contributed by atoms with Crippen LogP contribution in [0.25, 0.3) is 0 Å². The molecule has 2 rings (SSSR count). The molecule has 5 heteroatoms. The Hall–Kier alpha value is -2.20. The third-order valence-electron chi connectivity index (χ3n) is 3.56. The lowest BCUT2D eigenvalue weighted by atomic mass is 10.2. The van der Waals surface area contributed by atoms with Crippen molar-refractivity contribution in [2.45, 2.75) is 46.3 Å². The maximum absolute atomic E-state index is 12.5. The van der Waals surface area contributed by atoms with Crippen molar-refractivity contribution in [2.24, 2.45) is 0 Å². The number of aryl methyl sites for hydroxylation is 1. The number of nitrogens with one attached hydrogen (secondary N) is 1. The van der Waals surface area contributed by atoms with Crippen LogP contribution in [0.4, 0.5) is 5.69 Å². The number of anilines is 1. The van der Waals surface area contributed by atoms with Crippen LogP contribution in [0.1, 0.15) is 32.8 Å². The van der Waals surface area contributed by atoms with Gasteiger partial charge in [0.25, 0.3) is 5.91 Å². The standard InChI is InChI=1S/C20H24ClNO3/c1-5-19(25-17-10-11-18(21)14(4)12-17)20(23)22-15-6-8-16(9-7-15)24-13(2)3/h6-13,19H,5H2,1-4H3,(H,22,23). The second-order valence-electron chi connectivity index (χ2n) is 6.11. The summed E-state index contributed by atoms with van der Waals surface area (Å²) < 4.78 is 11.4. The molecule has 2 aromatic carbocycles. The lowest BCUT2D eigenvalue weighted by Crippen LogP contribution is -2.32. The molecule has 0 bridgehead atoms. The zero-order chi connectivity index (χ0) is 18.4. The highest BCUT2D eigenvalue weighted by Gasteiger charge is 2.19. The lowest BCUT2D eigenvalue weighted by molar-refractivity contribution is -0.122. The largest absolute Gasteiger partial charge is 0.491 e. The van der Waals surface area contributed by atoms with Crippen LogP contribution in [-0.2, 0) is 4.79 Å². The topological polar surface area (TPSA) is 47.6 Å². The number of hydrogen-bond donors (Lipinski definition) is 1. The fourth-order valence-corrected chi connectivity index (χ4v) is 2.41. The molecule has 0 aromatic heterocycles. The third-order valence-corrected chi connectivity index (χ3v) is 3.99. The number of carbonyl (C=O) groups is 1. The van der Waals surface area contributed by atoms with Gasteiger partial charge >= 0.3 is 0 Å². The molecule has 134 valence electrons. The fraction of sp³-hybridized carbons (Fsp3) is 0.350. The molecule has 0 spiro atoms. The van der Waals surface area contributed by atoms with E-state index in [0.717, 1.165) is 11.3 Å². The van der Waals surface area contributed by atoms with Crippen molar-refractivity contribution in [3.05, 3.63) is 53.1 Å². The van der Waals surface area contributed by atoms with Crippen LogP contribution in [0.5, 0.6) is 11.5 Å². The molecule has 2 aromatic rings. The Morgan fingerprint density at radius 1 is 1.08 bits per heavy atom. The zero-order valence-corrected chi connectivity index (χ0v) is 15.8. The molecular weight excluding hydrogens is 338 g/mol. The number of halogens is 1. The normalized spacial score (nSPS) is 11.9. The number of rotatable bonds is 7. The van der Waals surface area contributed by atoms with E-state index in [1.807, 2.05) is 58.0 Å². The van der Waals surface area contributed by atoms with E-state index < -0.39 is 6.10 Å². The van der Waals surface area contributed by atoms with Gasteiger partial charge in [-0.3, -0.25) is 4.79 Å². The van der Waals surface area contributed by atoms with Crippen molar-refractivity contribution in [3.63, 3.8) is 0 Å². The minimum atomic E-state index is -0.577. The molecule has 1 unspecified atom stereocenters. The van der Waals surface area contributed by atoms with Crippen molar-refractivity contribution < 1.29 is 14.3 Å². The van der Waals surface area contributed by atoms with Gasteiger partial charge in [-0.1, -0.05) is 18.5 Å². The maximum Gasteiger partial charge on any atom is 0.265 e. The van der Waals surface area contributed by atoms with E-state index in [0.29, 0.717) is 22.9 Å². The van der Waals surface area contributed by atoms with Crippen molar-refractivity contribution in [1.29, 1.82) is 0 Å². The molecule has 1 N–H and O–H groups in total. The van der Waals surface area contributed by atoms with Gasteiger partial charge in [0.15, 0.2) is 6.10 Å². The molecule has 1 amide bonds. The summed E-state index contributed by atoms with van der Waals surface area (Å²) in [4.78, 5) is 12.5. The van der Waals surface area contributed by atoms with Crippen LogP contribution < -0.4 is 14.8 Å². The van der Waals surface area contributed by atoms with Crippen LogP contribution >= 0.6 is 11.6 Å². The van der Waals surface area contributed by atoms with Crippen LogP contribution in [0.3, 0.4) is 0 Å². The van der Waals surface area contributed by atoms with E-state index in [1.165, 1.54) is 0 Å². The second kappa shape index (κ2) is 8.77. The quantitative estimate of drug-likeness (QED) is 0.734. The van der Waals surface area contributed by atoms with Crippen molar-refractivity contribution in [2.75, 3.05) is 5.32 Å². The van der Waals surface area contributed by atoms with Gasteiger partial charge in [0.2, 0.25) is 0 Å². The highest BCUT2D eigenvalue weighted by atomic mass is 35.5. The number of benzene rings is 2. The number of hydrogen-bond acceptors (Lipinski definition) is 3. The average molecular weight is 362 g/mol. The van der Waals surface area contributed by atoms with Crippen molar-refractivity contribution >= 4 is 23.2 Å². The summed E-state index contributed by atoms with van der Waals surface area (Å²) in [5.74, 6) is 1.21. The molecule has 25 heavy (non-hydrogen) atoms. The van der Waals surface area contributed by atoms with Gasteiger partial charge in [0, 0.05) is 10.7 Å². The average Bonchev–Trinajstić information content (AvgIpc) is 2.57. The summed E-state index contributed by atoms with van der Waals surface area (Å²) in [7, 11) is 0. The predicted octanol–water partition coefficient (Wildman–Crippen LogP) is 5.23. The molecule has 0 saturated heterocycles. The van der Waals surface area contributed by atoms with Crippen molar-refractivity contribution in [3.8, 4) is 11.5 Å². The van der Waals surface area contributed by atoms with Crippen molar-refractivity contribution in [1.82, 2.24) is 0 Å². The number of carbonyl (C=O) groups excluding carboxylic acids is 1. The third kappa shape index (κ3) is 5.68. The summed E-state index contributed by atoms with van der Waals surface area (Å²) in [6, 6.07) is 12.7. The van der Waals surface area contributed by atoms with E-state index >= 15 is 0 Å². The molecule has 1 atom stereocenters. The minimum Gasteiger partial charge on any atom is -0.491 e. The fourth-order valence-electron chi connectivity index (χ4n) is 2.29. The molecule has 0 fully saturated rings. The van der Waals surface area contributed by atoms with Crippen LogP contribution in [-0.4, -0.2) is 18.1 Å². The van der Waals surface area contributed by atoms with E-state index in [-0.39, 0.29) is 12.0 Å². The summed E-state index contributed by atoms with van der Waals surface area (Å²) in [5.41, 5.74) is 1.62. The molecule has 0 aliphatic carbocycles. The number of ether oxygens (including phenoxy) is 2. The highest BCUT2D eigenvalue weighted by Crippen LogP contribution is 2.23. The molecule has 0 heterocycles. The predicted molar refractivity (Wildman–Crippen MR) is 102 cm³/mol. The highest BCUT2D eigenvalue weighted by molar-refractivity contribution is 6.31. The van der Waals surface area contributed by atoms with Gasteiger partial charge in [0.1, 0.15) is 11.5 Å². The Morgan fingerprint density at radius 3 is 2.28 bits per heavy atom. The molecule has 0 radical (unpaired) electrons. The molecule has 0 aliphatic heterocycles. The Kier molecular flexibility index (Phi) is 6.71. The second-order valence-corrected chi connectivity index (χ2v) is 6.51. The van der Waals surface area contributed by atoms with Gasteiger partial charge in [-0.05, 0) is 75.2 Å². The molecular formula is C20H24ClNO3. The van der Waals surface area contributed by atoms with E-state index in [9.17, 15) is 4.79 Å². The van der Waals surface area contributed by atoms with Gasteiger partial charge < -0.3 is 14.8 Å².